The van der Waals surface area contributed by atoms with Gasteiger partial charge in [0.05, 0.1) is 18.3 Å². The van der Waals surface area contributed by atoms with Crippen molar-refractivity contribution in [3.05, 3.63) is 41.7 Å². The van der Waals surface area contributed by atoms with Crippen molar-refractivity contribution in [1.29, 1.82) is 0 Å². The van der Waals surface area contributed by atoms with E-state index in [1.54, 1.807) is 6.07 Å². The van der Waals surface area contributed by atoms with Crippen molar-refractivity contribution in [3.8, 4) is 11.4 Å². The number of carbonyl (C=O) groups is 1. The third kappa shape index (κ3) is 2.77. The number of nitrogens with one attached hydrogen (secondary N) is 1. The van der Waals surface area contributed by atoms with Gasteiger partial charge in [0, 0.05) is 5.56 Å². The smallest absolute Gasteiger partial charge is 0.336 e. The highest BCUT2D eigenvalue weighted by Gasteiger charge is 2.29. The van der Waals surface area contributed by atoms with Crippen molar-refractivity contribution >= 4 is 6.29 Å². The summed E-state index contributed by atoms with van der Waals surface area (Å²) in [6.07, 6.45) is -3.47. The zero-order valence-electron chi connectivity index (χ0n) is 9.16. The van der Waals surface area contributed by atoms with Gasteiger partial charge in [-0.3, -0.25) is 4.79 Å². The van der Waals surface area contributed by atoms with Crippen LogP contribution in [0.5, 0.6) is 0 Å². The molecule has 1 N–H and O–H groups in total. The van der Waals surface area contributed by atoms with Gasteiger partial charge in [0.15, 0.2) is 6.29 Å². The second kappa shape index (κ2) is 4.64. The molecule has 94 valence electrons. The fourth-order valence-corrected chi connectivity index (χ4v) is 1.65. The summed E-state index contributed by atoms with van der Waals surface area (Å²) in [5, 5.41) is 0. The molecular weight excluding hydrogens is 245 g/mol. The minimum absolute atomic E-state index is 0.122. The number of H-pyrrole nitrogens is 1. The molecule has 0 spiro atoms. The summed E-state index contributed by atoms with van der Waals surface area (Å²) in [4.78, 5) is 17.1. The molecule has 0 aliphatic rings. The van der Waals surface area contributed by atoms with E-state index in [1.165, 1.54) is 24.4 Å². The molecule has 0 atom stereocenters. The lowest BCUT2D eigenvalue weighted by atomic mass is 10.0. The van der Waals surface area contributed by atoms with Crippen LogP contribution in [0.2, 0.25) is 0 Å². The van der Waals surface area contributed by atoms with Crippen LogP contribution in [0.25, 0.3) is 11.4 Å². The maximum absolute atomic E-state index is 12.4. The summed E-state index contributed by atoms with van der Waals surface area (Å²) in [5.74, 6) is 0.261. The normalized spacial score (nSPS) is 11.5. The summed E-state index contributed by atoms with van der Waals surface area (Å²) in [7, 11) is 0. The highest BCUT2D eigenvalue weighted by molar-refractivity contribution is 5.73. The Labute approximate surface area is 101 Å². The minimum Gasteiger partial charge on any atom is -0.336 e. The average Bonchev–Trinajstić information content (AvgIpc) is 2.76. The lowest BCUT2D eigenvalue weighted by molar-refractivity contribution is -0.127. The number of benzene rings is 1. The quantitative estimate of drug-likeness (QED) is 0.856. The van der Waals surface area contributed by atoms with E-state index in [9.17, 15) is 18.0 Å². The summed E-state index contributed by atoms with van der Waals surface area (Å²) in [5.41, 5.74) is 0.700. The maximum atomic E-state index is 12.4. The standard InChI is InChI=1S/C12H9F3N2O/c13-12(14,15)5-8-3-1-2-4-10(8)11-16-6-9(7-18)17-11/h1-4,6-7H,5H2,(H,16,17). The fraction of sp³-hybridized carbons (Fsp3) is 0.167. The zero-order chi connectivity index (χ0) is 13.2. The number of alkyl halides is 3. The molecular formula is C12H9F3N2O. The molecule has 0 aliphatic heterocycles. The maximum Gasteiger partial charge on any atom is 0.393 e. The van der Waals surface area contributed by atoms with Crippen molar-refractivity contribution < 1.29 is 18.0 Å². The first-order valence-corrected chi connectivity index (χ1v) is 5.15. The largest absolute Gasteiger partial charge is 0.393 e. The molecule has 0 saturated carbocycles. The van der Waals surface area contributed by atoms with E-state index in [-0.39, 0.29) is 17.1 Å². The van der Waals surface area contributed by atoms with E-state index in [1.807, 2.05) is 0 Å². The van der Waals surface area contributed by atoms with Gasteiger partial charge in [-0.05, 0) is 5.56 Å². The molecule has 0 aliphatic carbocycles. The Morgan fingerprint density at radius 2 is 2.00 bits per heavy atom. The molecule has 18 heavy (non-hydrogen) atoms. The van der Waals surface area contributed by atoms with Crippen LogP contribution in [-0.4, -0.2) is 22.4 Å². The van der Waals surface area contributed by atoms with E-state index < -0.39 is 12.6 Å². The summed E-state index contributed by atoms with van der Waals surface area (Å²) in [6.45, 7) is 0. The SMILES string of the molecule is O=Cc1cnc(-c2ccccc2CC(F)(F)F)[nH]1. The molecule has 1 aromatic carbocycles. The second-order valence-electron chi connectivity index (χ2n) is 3.75. The number of halogens is 3. The minimum atomic E-state index is -4.28. The van der Waals surface area contributed by atoms with Crippen molar-refractivity contribution in [3.63, 3.8) is 0 Å². The average molecular weight is 254 g/mol. The number of aromatic nitrogens is 2. The lowest BCUT2D eigenvalue weighted by Gasteiger charge is -2.09. The van der Waals surface area contributed by atoms with Gasteiger partial charge in [-0.1, -0.05) is 24.3 Å². The Balaban J connectivity index is 2.41. The topological polar surface area (TPSA) is 45.8 Å². The first-order valence-electron chi connectivity index (χ1n) is 5.15. The van der Waals surface area contributed by atoms with E-state index in [4.69, 9.17) is 0 Å². The van der Waals surface area contributed by atoms with Gasteiger partial charge in [0.2, 0.25) is 0 Å². The van der Waals surface area contributed by atoms with Crippen molar-refractivity contribution in [1.82, 2.24) is 9.97 Å². The third-order valence-electron chi connectivity index (χ3n) is 2.39. The number of nitrogens with zero attached hydrogens (tertiary/aromatic N) is 1. The molecule has 1 heterocycles. The van der Waals surface area contributed by atoms with Crippen LogP contribution in [0.3, 0.4) is 0 Å². The third-order valence-corrected chi connectivity index (χ3v) is 2.39. The molecule has 6 heteroatoms. The van der Waals surface area contributed by atoms with E-state index in [2.05, 4.69) is 9.97 Å². The van der Waals surface area contributed by atoms with Crippen molar-refractivity contribution in [2.45, 2.75) is 12.6 Å². The molecule has 2 rings (SSSR count). The number of hydrogen-bond donors (Lipinski definition) is 1. The number of aldehydes is 1. The van der Waals surface area contributed by atoms with Crippen LogP contribution in [0.15, 0.2) is 30.5 Å². The Morgan fingerprint density at radius 3 is 2.61 bits per heavy atom. The van der Waals surface area contributed by atoms with Crippen LogP contribution in [0.1, 0.15) is 16.1 Å². The molecule has 1 aromatic heterocycles. The van der Waals surface area contributed by atoms with Crippen molar-refractivity contribution in [2.24, 2.45) is 0 Å². The first-order chi connectivity index (χ1) is 8.49. The monoisotopic (exact) mass is 254 g/mol. The molecule has 0 fully saturated rings. The van der Waals surface area contributed by atoms with Crippen LogP contribution in [0, 0.1) is 0 Å². The fourth-order valence-electron chi connectivity index (χ4n) is 1.65. The molecule has 0 amide bonds. The summed E-state index contributed by atoms with van der Waals surface area (Å²) in [6, 6.07) is 6.09. The number of aromatic amines is 1. The Hall–Kier alpha value is -2.11. The van der Waals surface area contributed by atoms with Crippen LogP contribution in [0.4, 0.5) is 13.2 Å². The van der Waals surface area contributed by atoms with Gasteiger partial charge in [-0.2, -0.15) is 13.2 Å². The van der Waals surface area contributed by atoms with Crippen LogP contribution in [-0.2, 0) is 6.42 Å². The number of carbonyl (C=O) groups excluding carboxylic acids is 1. The van der Waals surface area contributed by atoms with Crippen LogP contribution < -0.4 is 0 Å². The molecule has 0 bridgehead atoms. The van der Waals surface area contributed by atoms with Gasteiger partial charge in [-0.25, -0.2) is 4.98 Å². The molecule has 3 nitrogen and oxygen atoms in total. The first kappa shape index (κ1) is 12.3. The predicted molar refractivity (Wildman–Crippen MR) is 59.2 cm³/mol. The Bertz CT molecular complexity index is 560. The number of rotatable bonds is 3. The zero-order valence-corrected chi connectivity index (χ0v) is 9.16. The van der Waals surface area contributed by atoms with Gasteiger partial charge < -0.3 is 4.98 Å². The molecule has 0 unspecified atom stereocenters. The Kier molecular flexibility index (Phi) is 3.18. The van der Waals surface area contributed by atoms with Gasteiger partial charge in [-0.15, -0.1) is 0 Å². The molecule has 0 radical (unpaired) electrons. The highest BCUT2D eigenvalue weighted by atomic mass is 19.4. The van der Waals surface area contributed by atoms with Crippen LogP contribution >= 0.6 is 0 Å². The summed E-state index contributed by atoms with van der Waals surface area (Å²) < 4.78 is 37.3. The van der Waals surface area contributed by atoms with E-state index >= 15 is 0 Å². The number of hydrogen-bond acceptors (Lipinski definition) is 2. The summed E-state index contributed by atoms with van der Waals surface area (Å²) >= 11 is 0. The van der Waals surface area contributed by atoms with Gasteiger partial charge in [0.25, 0.3) is 0 Å². The molecule has 0 saturated heterocycles. The predicted octanol–water partition coefficient (Wildman–Crippen LogP) is 2.99. The van der Waals surface area contributed by atoms with Gasteiger partial charge >= 0.3 is 6.18 Å². The van der Waals surface area contributed by atoms with Gasteiger partial charge in [0.1, 0.15) is 5.82 Å². The Morgan fingerprint density at radius 1 is 1.28 bits per heavy atom. The van der Waals surface area contributed by atoms with Crippen molar-refractivity contribution in [2.75, 3.05) is 0 Å². The highest BCUT2D eigenvalue weighted by Crippen LogP contribution is 2.27. The second-order valence-corrected chi connectivity index (χ2v) is 3.75. The lowest BCUT2D eigenvalue weighted by Crippen LogP contribution is -2.12. The molecule has 2 aromatic rings. The van der Waals surface area contributed by atoms with E-state index in [0.717, 1.165) is 0 Å². The van der Waals surface area contributed by atoms with E-state index in [0.29, 0.717) is 11.8 Å². The number of imidazole rings is 1.